The number of aromatic nitrogens is 2. The minimum Gasteiger partial charge on any atom is -0.331 e. The molecule has 18 heavy (non-hydrogen) atoms. The molecular weight excluding hydrogens is 312 g/mol. The van der Waals surface area contributed by atoms with Crippen LogP contribution in [0.2, 0.25) is 0 Å². The minimum atomic E-state index is 0.0304. The SMILES string of the molecule is Cc1cc(Br)cc2c(=O)n(C3CCC3)c(=S)[nH]c12. The van der Waals surface area contributed by atoms with Gasteiger partial charge in [-0.15, -0.1) is 0 Å². The van der Waals surface area contributed by atoms with E-state index >= 15 is 0 Å². The molecule has 0 bridgehead atoms. The van der Waals surface area contributed by atoms with E-state index in [0.29, 0.717) is 10.2 Å². The highest BCUT2D eigenvalue weighted by Gasteiger charge is 2.22. The average Bonchev–Trinajstić information content (AvgIpc) is 2.23. The second-order valence-electron chi connectivity index (χ2n) is 4.84. The standard InChI is InChI=1S/C13H13BrN2OS/c1-7-5-8(14)6-10-11(7)15-13(18)16(12(10)17)9-3-2-4-9/h5-6,9H,2-4H2,1H3,(H,15,18). The number of hydrogen-bond donors (Lipinski definition) is 1. The van der Waals surface area contributed by atoms with Gasteiger partial charge in [-0.3, -0.25) is 9.36 Å². The lowest BCUT2D eigenvalue weighted by atomic mass is 9.93. The highest BCUT2D eigenvalue weighted by atomic mass is 79.9. The van der Waals surface area contributed by atoms with E-state index in [1.165, 1.54) is 6.42 Å². The Morgan fingerprint density at radius 1 is 1.44 bits per heavy atom. The van der Waals surface area contributed by atoms with E-state index in [1.807, 2.05) is 19.1 Å². The van der Waals surface area contributed by atoms with Gasteiger partial charge in [0.05, 0.1) is 10.9 Å². The first-order valence-corrected chi connectivity index (χ1v) is 7.23. The summed E-state index contributed by atoms with van der Waals surface area (Å²) in [5.74, 6) is 0. The first-order valence-electron chi connectivity index (χ1n) is 6.02. The predicted molar refractivity (Wildman–Crippen MR) is 78.7 cm³/mol. The number of rotatable bonds is 1. The molecule has 0 spiro atoms. The number of fused-ring (bicyclic) bond motifs is 1. The lowest BCUT2D eigenvalue weighted by Crippen LogP contribution is -2.30. The number of nitrogens with zero attached hydrogens (tertiary/aromatic N) is 1. The summed E-state index contributed by atoms with van der Waals surface area (Å²) in [6, 6.07) is 4.14. The molecule has 3 rings (SSSR count). The quantitative estimate of drug-likeness (QED) is 0.809. The zero-order chi connectivity index (χ0) is 12.9. The third-order valence-electron chi connectivity index (χ3n) is 3.64. The first kappa shape index (κ1) is 12.1. The summed E-state index contributed by atoms with van der Waals surface area (Å²) < 4.78 is 3.21. The van der Waals surface area contributed by atoms with E-state index in [9.17, 15) is 4.79 Å². The molecule has 1 heterocycles. The molecule has 3 nitrogen and oxygen atoms in total. The number of benzene rings is 1. The van der Waals surface area contributed by atoms with Gasteiger partial charge < -0.3 is 4.98 Å². The van der Waals surface area contributed by atoms with Gasteiger partial charge in [0.2, 0.25) is 0 Å². The maximum Gasteiger partial charge on any atom is 0.262 e. The summed E-state index contributed by atoms with van der Waals surface area (Å²) in [6.07, 6.45) is 3.28. The maximum absolute atomic E-state index is 12.5. The molecule has 0 aliphatic heterocycles. The van der Waals surface area contributed by atoms with Crippen LogP contribution in [0.4, 0.5) is 0 Å². The molecule has 1 aromatic heterocycles. The summed E-state index contributed by atoms with van der Waals surface area (Å²) in [6.45, 7) is 1.98. The Labute approximate surface area is 118 Å². The molecule has 1 aromatic carbocycles. The summed E-state index contributed by atoms with van der Waals surface area (Å²) in [4.78, 5) is 15.7. The van der Waals surface area contributed by atoms with Crippen molar-refractivity contribution in [2.24, 2.45) is 0 Å². The molecule has 1 fully saturated rings. The summed E-state index contributed by atoms with van der Waals surface area (Å²) in [7, 11) is 0. The fraction of sp³-hybridized carbons (Fsp3) is 0.385. The van der Waals surface area contributed by atoms with Crippen LogP contribution >= 0.6 is 28.1 Å². The van der Waals surface area contributed by atoms with E-state index < -0.39 is 0 Å². The third kappa shape index (κ3) is 1.77. The van der Waals surface area contributed by atoms with Crippen molar-refractivity contribution in [2.45, 2.75) is 32.2 Å². The molecule has 1 aliphatic rings. The fourth-order valence-corrected chi connectivity index (χ4v) is 3.35. The van der Waals surface area contributed by atoms with Crippen molar-refractivity contribution in [3.8, 4) is 0 Å². The van der Waals surface area contributed by atoms with Crippen molar-refractivity contribution in [1.29, 1.82) is 0 Å². The molecule has 94 valence electrons. The van der Waals surface area contributed by atoms with Gasteiger partial charge in [-0.05, 0) is 56.1 Å². The Balaban J connectivity index is 2.40. The molecule has 0 saturated heterocycles. The molecule has 0 radical (unpaired) electrons. The number of H-pyrrole nitrogens is 1. The number of hydrogen-bond acceptors (Lipinski definition) is 2. The van der Waals surface area contributed by atoms with Crippen molar-refractivity contribution in [2.75, 3.05) is 0 Å². The Bertz CT molecular complexity index is 743. The van der Waals surface area contributed by atoms with Gasteiger partial charge in [0.1, 0.15) is 0 Å². The lowest BCUT2D eigenvalue weighted by Gasteiger charge is -2.27. The zero-order valence-corrected chi connectivity index (χ0v) is 12.4. The smallest absolute Gasteiger partial charge is 0.262 e. The molecule has 1 N–H and O–H groups in total. The number of halogens is 1. The Kier molecular flexibility index (Phi) is 2.90. The Hall–Kier alpha value is -0.940. The summed E-state index contributed by atoms with van der Waals surface area (Å²) >= 11 is 8.77. The highest BCUT2D eigenvalue weighted by Crippen LogP contribution is 2.31. The molecule has 5 heteroatoms. The van der Waals surface area contributed by atoms with Crippen LogP contribution in [0, 0.1) is 11.7 Å². The third-order valence-corrected chi connectivity index (χ3v) is 4.40. The minimum absolute atomic E-state index is 0.0304. The van der Waals surface area contributed by atoms with Crippen molar-refractivity contribution in [3.05, 3.63) is 37.3 Å². The number of aromatic amines is 1. The second-order valence-corrected chi connectivity index (χ2v) is 6.14. The molecular formula is C13H13BrN2OS. The van der Waals surface area contributed by atoms with Crippen LogP contribution in [0.5, 0.6) is 0 Å². The van der Waals surface area contributed by atoms with Crippen LogP contribution in [0.3, 0.4) is 0 Å². The monoisotopic (exact) mass is 324 g/mol. The van der Waals surface area contributed by atoms with E-state index in [0.717, 1.165) is 28.4 Å². The van der Waals surface area contributed by atoms with Crippen LogP contribution in [-0.2, 0) is 0 Å². The van der Waals surface area contributed by atoms with Crippen molar-refractivity contribution < 1.29 is 0 Å². The molecule has 0 atom stereocenters. The molecule has 1 saturated carbocycles. The van der Waals surface area contributed by atoms with Crippen LogP contribution in [0.15, 0.2) is 21.4 Å². The zero-order valence-electron chi connectivity index (χ0n) is 10.00. The predicted octanol–water partition coefficient (Wildman–Crippen LogP) is 3.86. The topological polar surface area (TPSA) is 37.8 Å². The average molecular weight is 325 g/mol. The van der Waals surface area contributed by atoms with Crippen LogP contribution in [0.1, 0.15) is 30.9 Å². The van der Waals surface area contributed by atoms with Gasteiger partial charge in [0.25, 0.3) is 5.56 Å². The molecule has 2 aromatic rings. The van der Waals surface area contributed by atoms with Crippen molar-refractivity contribution >= 4 is 39.1 Å². The van der Waals surface area contributed by atoms with Crippen LogP contribution in [0.25, 0.3) is 10.9 Å². The number of nitrogens with one attached hydrogen (secondary N) is 1. The van der Waals surface area contributed by atoms with E-state index in [-0.39, 0.29) is 11.6 Å². The lowest BCUT2D eigenvalue weighted by molar-refractivity contribution is 0.302. The Morgan fingerprint density at radius 2 is 2.17 bits per heavy atom. The first-order chi connectivity index (χ1) is 8.58. The van der Waals surface area contributed by atoms with Gasteiger partial charge in [0.15, 0.2) is 4.77 Å². The Morgan fingerprint density at radius 3 is 2.78 bits per heavy atom. The van der Waals surface area contributed by atoms with Gasteiger partial charge in [-0.1, -0.05) is 15.9 Å². The van der Waals surface area contributed by atoms with Crippen LogP contribution in [-0.4, -0.2) is 9.55 Å². The highest BCUT2D eigenvalue weighted by molar-refractivity contribution is 9.10. The summed E-state index contributed by atoms with van der Waals surface area (Å²) in [5, 5.41) is 0.711. The van der Waals surface area contributed by atoms with Crippen molar-refractivity contribution in [3.63, 3.8) is 0 Å². The van der Waals surface area contributed by atoms with Crippen LogP contribution < -0.4 is 5.56 Å². The second kappa shape index (κ2) is 4.31. The normalized spacial score (nSPS) is 15.9. The van der Waals surface area contributed by atoms with E-state index in [1.54, 1.807) is 4.57 Å². The van der Waals surface area contributed by atoms with E-state index in [2.05, 4.69) is 20.9 Å². The molecule has 0 unspecified atom stereocenters. The van der Waals surface area contributed by atoms with Crippen molar-refractivity contribution in [1.82, 2.24) is 9.55 Å². The van der Waals surface area contributed by atoms with Gasteiger partial charge in [-0.25, -0.2) is 0 Å². The fourth-order valence-electron chi connectivity index (χ4n) is 2.44. The largest absolute Gasteiger partial charge is 0.331 e. The van der Waals surface area contributed by atoms with Gasteiger partial charge in [0, 0.05) is 10.5 Å². The summed E-state index contributed by atoms with van der Waals surface area (Å²) in [5.41, 5.74) is 1.91. The molecule has 0 amide bonds. The number of aryl methyl sites for hydroxylation is 1. The van der Waals surface area contributed by atoms with Gasteiger partial charge in [-0.2, -0.15) is 0 Å². The molecule has 1 aliphatic carbocycles. The van der Waals surface area contributed by atoms with Gasteiger partial charge >= 0.3 is 0 Å². The van der Waals surface area contributed by atoms with E-state index in [4.69, 9.17) is 12.2 Å². The maximum atomic E-state index is 12.5.